The molecule has 1 saturated heterocycles. The van der Waals surface area contributed by atoms with Crippen molar-refractivity contribution < 1.29 is 9.90 Å². The summed E-state index contributed by atoms with van der Waals surface area (Å²) in [7, 11) is 0. The summed E-state index contributed by atoms with van der Waals surface area (Å²) in [6.07, 6.45) is 5.89. The molecule has 0 amide bonds. The number of hydrogen-bond acceptors (Lipinski definition) is 6. The van der Waals surface area contributed by atoms with Gasteiger partial charge in [-0.15, -0.1) is 0 Å². The number of nitrogens with one attached hydrogen (secondary N) is 1. The number of pyridine rings is 2. The number of carbonyl (C=O) groups is 1. The lowest BCUT2D eigenvalue weighted by Gasteiger charge is -2.17. The Bertz CT molecular complexity index is 1060. The molecule has 6 nitrogen and oxygen atoms in total. The van der Waals surface area contributed by atoms with Gasteiger partial charge in [0, 0.05) is 53.6 Å². The Morgan fingerprint density at radius 2 is 1.96 bits per heavy atom. The van der Waals surface area contributed by atoms with Crippen LogP contribution in [0.1, 0.15) is 28.8 Å². The van der Waals surface area contributed by atoms with E-state index in [1.54, 1.807) is 30.6 Å². The van der Waals surface area contributed by atoms with Gasteiger partial charge in [0.1, 0.15) is 11.6 Å². The first-order valence-corrected chi connectivity index (χ1v) is 9.34. The number of fused-ring (bicyclic) bond motifs is 5. The number of ketones is 1. The number of benzene rings is 1. The van der Waals surface area contributed by atoms with Gasteiger partial charge in [0.15, 0.2) is 5.78 Å². The number of anilines is 1. The van der Waals surface area contributed by atoms with E-state index >= 15 is 0 Å². The lowest BCUT2D eigenvalue weighted by atomic mass is 10.0. The van der Waals surface area contributed by atoms with Crippen molar-refractivity contribution in [3.63, 3.8) is 0 Å². The maximum atomic E-state index is 13.1. The number of aromatic nitrogens is 2. The molecule has 2 aromatic heterocycles. The Labute approximate surface area is 156 Å². The first-order chi connectivity index (χ1) is 13.2. The van der Waals surface area contributed by atoms with Gasteiger partial charge in [0.2, 0.25) is 0 Å². The van der Waals surface area contributed by atoms with Crippen molar-refractivity contribution in [1.82, 2.24) is 14.9 Å². The minimum absolute atomic E-state index is 0.0199. The average Bonchev–Trinajstić information content (AvgIpc) is 3.29. The summed E-state index contributed by atoms with van der Waals surface area (Å²) in [5, 5.41) is 14.1. The number of likely N-dealkylation sites (tertiary alicyclic amines) is 1. The number of phenolic OH excluding ortho intramolecular Hbond substituents is 1. The smallest absolute Gasteiger partial charge is 0.198 e. The largest absolute Gasteiger partial charge is 0.508 e. The highest BCUT2D eigenvalue weighted by molar-refractivity contribution is 6.27. The van der Waals surface area contributed by atoms with Crippen LogP contribution in [0.3, 0.4) is 0 Å². The summed E-state index contributed by atoms with van der Waals surface area (Å²) in [6.45, 7) is 3.92. The summed E-state index contributed by atoms with van der Waals surface area (Å²) < 4.78 is 0. The van der Waals surface area contributed by atoms with Crippen molar-refractivity contribution in [2.75, 3.05) is 31.5 Å². The fourth-order valence-corrected chi connectivity index (χ4v) is 4.15. The van der Waals surface area contributed by atoms with Crippen LogP contribution in [0.4, 0.5) is 5.82 Å². The number of rotatable bonds is 4. The quantitative estimate of drug-likeness (QED) is 0.582. The van der Waals surface area contributed by atoms with Crippen LogP contribution < -0.4 is 5.32 Å². The van der Waals surface area contributed by atoms with E-state index in [4.69, 9.17) is 0 Å². The van der Waals surface area contributed by atoms with E-state index in [0.29, 0.717) is 22.5 Å². The SMILES string of the molecule is O=C1c2ccncc2-c2c1c(NCCN1CCCC1)nc1cc(O)ccc21. The van der Waals surface area contributed by atoms with Gasteiger partial charge in [-0.25, -0.2) is 4.98 Å². The van der Waals surface area contributed by atoms with E-state index in [-0.39, 0.29) is 11.5 Å². The first-order valence-electron chi connectivity index (χ1n) is 9.34. The van der Waals surface area contributed by atoms with Crippen molar-refractivity contribution in [2.45, 2.75) is 12.8 Å². The molecule has 3 aromatic rings. The molecule has 5 rings (SSSR count). The third-order valence-electron chi connectivity index (χ3n) is 5.45. The molecule has 1 aliphatic heterocycles. The summed E-state index contributed by atoms with van der Waals surface area (Å²) >= 11 is 0. The van der Waals surface area contributed by atoms with E-state index in [2.05, 4.69) is 20.2 Å². The Hall–Kier alpha value is -2.99. The van der Waals surface area contributed by atoms with E-state index in [9.17, 15) is 9.90 Å². The van der Waals surface area contributed by atoms with Crippen molar-refractivity contribution in [3.05, 3.63) is 47.8 Å². The van der Waals surface area contributed by atoms with E-state index in [0.717, 1.165) is 42.7 Å². The molecule has 0 saturated carbocycles. The molecule has 27 heavy (non-hydrogen) atoms. The summed E-state index contributed by atoms with van der Waals surface area (Å²) in [4.78, 5) is 24.4. The highest BCUT2D eigenvalue weighted by Gasteiger charge is 2.32. The third kappa shape index (κ3) is 2.64. The second-order valence-corrected chi connectivity index (χ2v) is 7.14. The molecule has 1 fully saturated rings. The van der Waals surface area contributed by atoms with Crippen LogP contribution in [0, 0.1) is 0 Å². The molecule has 2 aliphatic rings. The van der Waals surface area contributed by atoms with Crippen LogP contribution in [-0.2, 0) is 0 Å². The van der Waals surface area contributed by atoms with Gasteiger partial charge in [-0.3, -0.25) is 9.78 Å². The number of carbonyl (C=O) groups excluding carboxylic acids is 1. The first kappa shape index (κ1) is 16.2. The molecular formula is C21H20N4O2. The van der Waals surface area contributed by atoms with Gasteiger partial charge >= 0.3 is 0 Å². The molecule has 1 aliphatic carbocycles. The number of hydrogen-bond donors (Lipinski definition) is 2. The molecule has 0 spiro atoms. The van der Waals surface area contributed by atoms with Gasteiger partial charge in [-0.1, -0.05) is 0 Å². The predicted molar refractivity (Wildman–Crippen MR) is 104 cm³/mol. The zero-order valence-corrected chi connectivity index (χ0v) is 14.9. The summed E-state index contributed by atoms with van der Waals surface area (Å²) in [5.74, 6) is 0.728. The molecule has 0 radical (unpaired) electrons. The topological polar surface area (TPSA) is 78.4 Å². The number of aromatic hydroxyl groups is 1. The fraction of sp³-hybridized carbons (Fsp3) is 0.286. The number of nitrogens with zero attached hydrogens (tertiary/aromatic N) is 3. The molecule has 3 heterocycles. The van der Waals surface area contributed by atoms with Crippen molar-refractivity contribution >= 4 is 22.5 Å². The van der Waals surface area contributed by atoms with Crippen LogP contribution in [0.25, 0.3) is 22.0 Å². The summed E-state index contributed by atoms with van der Waals surface area (Å²) in [6, 6.07) is 6.85. The van der Waals surface area contributed by atoms with Crippen LogP contribution in [0.15, 0.2) is 36.7 Å². The third-order valence-corrected chi connectivity index (χ3v) is 5.45. The maximum absolute atomic E-state index is 13.1. The Morgan fingerprint density at radius 1 is 1.11 bits per heavy atom. The predicted octanol–water partition coefficient (Wildman–Crippen LogP) is 3.05. The average molecular weight is 360 g/mol. The van der Waals surface area contributed by atoms with Gasteiger partial charge in [-0.2, -0.15) is 0 Å². The van der Waals surface area contributed by atoms with Crippen LogP contribution in [0.2, 0.25) is 0 Å². The lowest BCUT2D eigenvalue weighted by molar-refractivity contribution is 0.104. The fourth-order valence-electron chi connectivity index (χ4n) is 4.15. The minimum Gasteiger partial charge on any atom is -0.508 e. The molecule has 1 aromatic carbocycles. The van der Waals surface area contributed by atoms with Crippen molar-refractivity contribution in [3.8, 4) is 16.9 Å². The zero-order valence-electron chi connectivity index (χ0n) is 14.9. The Kier molecular flexibility index (Phi) is 3.79. The molecule has 6 heteroatoms. The maximum Gasteiger partial charge on any atom is 0.198 e. The molecule has 0 bridgehead atoms. The van der Waals surface area contributed by atoms with E-state index in [1.165, 1.54) is 12.8 Å². The molecule has 136 valence electrons. The molecule has 2 N–H and O–H groups in total. The van der Waals surface area contributed by atoms with Crippen LogP contribution >= 0.6 is 0 Å². The zero-order chi connectivity index (χ0) is 18.4. The molecule has 0 unspecified atom stereocenters. The Balaban J connectivity index is 1.60. The highest BCUT2D eigenvalue weighted by atomic mass is 16.3. The lowest BCUT2D eigenvalue weighted by Crippen LogP contribution is -2.26. The van der Waals surface area contributed by atoms with Gasteiger partial charge in [0.25, 0.3) is 0 Å². The standard InChI is InChI=1S/C21H20N4O2/c26-13-3-4-15-17(11-13)24-21(23-7-10-25-8-1-2-9-25)19-18(15)16-12-22-6-5-14(16)20(19)27/h3-6,11-12,26H,1-2,7-10H2,(H,23,24). The number of phenols is 1. The second kappa shape index (κ2) is 6.32. The minimum atomic E-state index is -0.0199. The molecular weight excluding hydrogens is 340 g/mol. The van der Waals surface area contributed by atoms with E-state index in [1.807, 2.05) is 6.07 Å². The van der Waals surface area contributed by atoms with Crippen molar-refractivity contribution in [1.29, 1.82) is 0 Å². The van der Waals surface area contributed by atoms with Gasteiger partial charge in [-0.05, 0) is 44.1 Å². The summed E-state index contributed by atoms with van der Waals surface area (Å²) in [5.41, 5.74) is 3.62. The van der Waals surface area contributed by atoms with Gasteiger partial charge in [0.05, 0.1) is 11.1 Å². The second-order valence-electron chi connectivity index (χ2n) is 7.14. The highest BCUT2D eigenvalue weighted by Crippen LogP contribution is 2.43. The normalized spacial score (nSPS) is 15.9. The monoisotopic (exact) mass is 360 g/mol. The Morgan fingerprint density at radius 3 is 2.81 bits per heavy atom. The van der Waals surface area contributed by atoms with Crippen LogP contribution in [-0.4, -0.2) is 51.9 Å². The van der Waals surface area contributed by atoms with Crippen LogP contribution in [0.5, 0.6) is 5.75 Å². The van der Waals surface area contributed by atoms with Gasteiger partial charge < -0.3 is 15.3 Å². The van der Waals surface area contributed by atoms with E-state index < -0.39 is 0 Å². The van der Waals surface area contributed by atoms with Crippen molar-refractivity contribution in [2.24, 2.45) is 0 Å². The molecule has 0 atom stereocenters.